The number of carbonyl (C=O) groups excluding carboxylic acids is 1. The van der Waals surface area contributed by atoms with E-state index in [9.17, 15) is 4.79 Å². The van der Waals surface area contributed by atoms with Gasteiger partial charge >= 0.3 is 0 Å². The molecule has 29 heavy (non-hydrogen) atoms. The van der Waals surface area contributed by atoms with Crippen molar-refractivity contribution in [1.29, 1.82) is 0 Å². The van der Waals surface area contributed by atoms with Crippen molar-refractivity contribution in [3.8, 4) is 11.6 Å². The lowest BCUT2D eigenvalue weighted by atomic mass is 10.1. The summed E-state index contributed by atoms with van der Waals surface area (Å²) in [6.07, 6.45) is 0.355. The summed E-state index contributed by atoms with van der Waals surface area (Å²) in [5.74, 6) is 1.44. The summed E-state index contributed by atoms with van der Waals surface area (Å²) >= 11 is 0. The topological polar surface area (TPSA) is 72.4 Å². The zero-order valence-electron chi connectivity index (χ0n) is 16.6. The quantitative estimate of drug-likeness (QED) is 0.498. The molecule has 0 radical (unpaired) electrons. The van der Waals surface area contributed by atoms with Crippen molar-refractivity contribution in [3.63, 3.8) is 0 Å². The fraction of sp³-hybridized carbons (Fsp3) is 0.261. The first-order chi connectivity index (χ1) is 14.0. The van der Waals surface area contributed by atoms with Crippen LogP contribution in [0.1, 0.15) is 34.9 Å². The molecular formula is C23H21N3O3. The van der Waals surface area contributed by atoms with Crippen LogP contribution in [0.3, 0.4) is 0 Å². The summed E-state index contributed by atoms with van der Waals surface area (Å²) < 4.78 is 11.5. The van der Waals surface area contributed by atoms with Gasteiger partial charge in [-0.15, -0.1) is 0 Å². The van der Waals surface area contributed by atoms with Crippen LogP contribution in [0.5, 0.6) is 0 Å². The Morgan fingerprint density at radius 2 is 1.79 bits per heavy atom. The molecule has 1 atom stereocenters. The number of fused-ring (bicyclic) bond motifs is 1. The molecule has 0 saturated carbocycles. The molecule has 1 saturated heterocycles. The Hall–Kier alpha value is -3.41. The summed E-state index contributed by atoms with van der Waals surface area (Å²) in [5.41, 5.74) is 5.01. The van der Waals surface area contributed by atoms with Gasteiger partial charge in [0.25, 0.3) is 0 Å². The van der Waals surface area contributed by atoms with Gasteiger partial charge in [-0.25, -0.2) is 0 Å². The Morgan fingerprint density at radius 3 is 2.59 bits per heavy atom. The van der Waals surface area contributed by atoms with Crippen LogP contribution in [-0.4, -0.2) is 22.6 Å². The van der Waals surface area contributed by atoms with E-state index in [1.54, 1.807) is 4.90 Å². The van der Waals surface area contributed by atoms with E-state index in [1.807, 2.05) is 50.2 Å². The predicted octanol–water partition coefficient (Wildman–Crippen LogP) is 4.93. The third kappa shape index (κ3) is 3.01. The van der Waals surface area contributed by atoms with Gasteiger partial charge in [-0.05, 0) is 45.0 Å². The highest BCUT2D eigenvalue weighted by atomic mass is 16.5. The van der Waals surface area contributed by atoms with Gasteiger partial charge in [0.15, 0.2) is 5.76 Å². The fourth-order valence-corrected chi connectivity index (χ4v) is 3.89. The van der Waals surface area contributed by atoms with E-state index in [1.165, 1.54) is 5.56 Å². The lowest BCUT2D eigenvalue weighted by Crippen LogP contribution is -2.24. The molecule has 6 nitrogen and oxygen atoms in total. The minimum atomic E-state index is -0.128. The Morgan fingerprint density at radius 1 is 1.03 bits per heavy atom. The number of aryl methyl sites for hydroxylation is 3. The second kappa shape index (κ2) is 6.58. The lowest BCUT2D eigenvalue weighted by molar-refractivity contribution is -0.117. The summed E-state index contributed by atoms with van der Waals surface area (Å²) in [6.45, 7) is 6.60. The molecule has 2 aromatic heterocycles. The highest BCUT2D eigenvalue weighted by molar-refractivity contribution is 5.96. The van der Waals surface area contributed by atoms with Gasteiger partial charge in [0.1, 0.15) is 5.58 Å². The van der Waals surface area contributed by atoms with Crippen LogP contribution in [0.2, 0.25) is 0 Å². The summed E-state index contributed by atoms with van der Waals surface area (Å²) in [4.78, 5) is 18.9. The molecule has 4 aromatic rings. The van der Waals surface area contributed by atoms with E-state index in [0.29, 0.717) is 30.4 Å². The molecule has 2 aromatic carbocycles. The van der Waals surface area contributed by atoms with Crippen LogP contribution < -0.4 is 4.90 Å². The summed E-state index contributed by atoms with van der Waals surface area (Å²) in [6, 6.07) is 14.0. The average Bonchev–Trinajstić information content (AvgIpc) is 3.41. The molecule has 0 bridgehead atoms. The first-order valence-electron chi connectivity index (χ1n) is 9.70. The van der Waals surface area contributed by atoms with Crippen molar-refractivity contribution in [2.75, 3.05) is 11.4 Å². The molecule has 0 unspecified atom stereocenters. The number of carbonyl (C=O) groups is 1. The maximum absolute atomic E-state index is 12.5. The molecule has 0 spiro atoms. The largest absolute Gasteiger partial charge is 0.452 e. The van der Waals surface area contributed by atoms with E-state index in [4.69, 9.17) is 8.94 Å². The zero-order chi connectivity index (χ0) is 20.1. The minimum absolute atomic E-state index is 0.0639. The van der Waals surface area contributed by atoms with Gasteiger partial charge in [0.05, 0.1) is 5.92 Å². The number of hydrogen-bond donors (Lipinski definition) is 0. The molecule has 1 amide bonds. The van der Waals surface area contributed by atoms with E-state index in [0.717, 1.165) is 27.8 Å². The van der Waals surface area contributed by atoms with Crippen molar-refractivity contribution < 1.29 is 13.7 Å². The molecule has 0 N–H and O–H groups in total. The number of furan rings is 1. The van der Waals surface area contributed by atoms with Crippen molar-refractivity contribution in [1.82, 2.24) is 10.1 Å². The second-order valence-corrected chi connectivity index (χ2v) is 7.75. The van der Waals surface area contributed by atoms with Crippen LogP contribution in [0.25, 0.3) is 22.6 Å². The van der Waals surface area contributed by atoms with E-state index in [2.05, 4.69) is 23.1 Å². The van der Waals surface area contributed by atoms with Crippen LogP contribution in [-0.2, 0) is 4.79 Å². The van der Waals surface area contributed by atoms with Crippen LogP contribution in [0.15, 0.2) is 51.4 Å². The molecule has 3 heterocycles. The third-order valence-electron chi connectivity index (χ3n) is 5.56. The van der Waals surface area contributed by atoms with Crippen LogP contribution in [0, 0.1) is 20.8 Å². The fourth-order valence-electron chi connectivity index (χ4n) is 3.89. The highest BCUT2D eigenvalue weighted by Crippen LogP contribution is 2.35. The van der Waals surface area contributed by atoms with Gasteiger partial charge < -0.3 is 13.8 Å². The van der Waals surface area contributed by atoms with Crippen LogP contribution in [0.4, 0.5) is 5.69 Å². The molecule has 1 fully saturated rings. The zero-order valence-corrected chi connectivity index (χ0v) is 16.6. The van der Waals surface area contributed by atoms with Gasteiger partial charge in [0.2, 0.25) is 17.6 Å². The minimum Gasteiger partial charge on any atom is -0.452 e. The SMILES string of the molecule is Cc1ccc(N2C[C@@H](c3nc(-c4oc5ccc(C)cc5c4C)no3)CC2=O)cc1. The first-order valence-corrected chi connectivity index (χ1v) is 9.70. The smallest absolute Gasteiger partial charge is 0.238 e. The standard InChI is InChI=1S/C23H21N3O3/c1-13-4-7-17(8-5-13)26-12-16(11-20(26)27)23-24-22(25-29-23)21-15(3)18-10-14(2)6-9-19(18)28-21/h4-10,16H,11-12H2,1-3H3/t16-/m0/s1. The monoisotopic (exact) mass is 387 g/mol. The van der Waals surface area contributed by atoms with Crippen LogP contribution >= 0.6 is 0 Å². The Balaban J connectivity index is 1.43. The van der Waals surface area contributed by atoms with E-state index in [-0.39, 0.29) is 11.8 Å². The van der Waals surface area contributed by atoms with Crippen molar-refractivity contribution in [2.45, 2.75) is 33.1 Å². The second-order valence-electron chi connectivity index (χ2n) is 7.75. The Bertz CT molecular complexity index is 1220. The summed E-state index contributed by atoms with van der Waals surface area (Å²) in [7, 11) is 0. The van der Waals surface area contributed by atoms with E-state index < -0.39 is 0 Å². The molecule has 146 valence electrons. The van der Waals surface area contributed by atoms with Crippen molar-refractivity contribution in [3.05, 3.63) is 65.0 Å². The number of hydrogen-bond acceptors (Lipinski definition) is 5. The van der Waals surface area contributed by atoms with Crippen molar-refractivity contribution >= 4 is 22.6 Å². The van der Waals surface area contributed by atoms with Gasteiger partial charge in [0, 0.05) is 29.6 Å². The summed E-state index contributed by atoms with van der Waals surface area (Å²) in [5, 5.41) is 5.18. The van der Waals surface area contributed by atoms with Gasteiger partial charge in [-0.3, -0.25) is 4.79 Å². The molecule has 1 aliphatic rings. The predicted molar refractivity (Wildman–Crippen MR) is 110 cm³/mol. The Labute approximate surface area is 168 Å². The number of anilines is 1. The molecular weight excluding hydrogens is 366 g/mol. The molecule has 0 aliphatic carbocycles. The number of nitrogens with zero attached hydrogens (tertiary/aromatic N) is 3. The highest BCUT2D eigenvalue weighted by Gasteiger charge is 2.35. The average molecular weight is 387 g/mol. The maximum Gasteiger partial charge on any atom is 0.238 e. The number of amides is 1. The lowest BCUT2D eigenvalue weighted by Gasteiger charge is -2.16. The number of rotatable bonds is 3. The van der Waals surface area contributed by atoms with Gasteiger partial charge in [-0.2, -0.15) is 4.98 Å². The van der Waals surface area contributed by atoms with Crippen molar-refractivity contribution in [2.24, 2.45) is 0 Å². The third-order valence-corrected chi connectivity index (χ3v) is 5.56. The molecule has 5 rings (SSSR count). The normalized spacial score (nSPS) is 16.9. The number of benzene rings is 2. The number of aromatic nitrogens is 2. The molecule has 1 aliphatic heterocycles. The van der Waals surface area contributed by atoms with Gasteiger partial charge in [-0.1, -0.05) is 34.5 Å². The first kappa shape index (κ1) is 17.7. The Kier molecular flexibility index (Phi) is 4.01. The van der Waals surface area contributed by atoms with E-state index >= 15 is 0 Å². The maximum atomic E-state index is 12.5. The molecule has 6 heteroatoms.